The van der Waals surface area contributed by atoms with E-state index in [1.807, 2.05) is 0 Å². The van der Waals surface area contributed by atoms with Crippen LogP contribution in [-0.4, -0.2) is 28.5 Å². The minimum atomic E-state index is -1.12. The third-order valence-corrected chi connectivity index (χ3v) is 4.08. The predicted octanol–water partition coefficient (Wildman–Crippen LogP) is 2.73. The molecule has 5 nitrogen and oxygen atoms in total. The van der Waals surface area contributed by atoms with E-state index in [-0.39, 0.29) is 17.3 Å². The largest absolute Gasteiger partial charge is 0.477 e. The molecule has 1 aromatic rings. The van der Waals surface area contributed by atoms with Crippen LogP contribution in [0.15, 0.2) is 18.2 Å². The fourth-order valence-corrected chi connectivity index (χ4v) is 2.98. The summed E-state index contributed by atoms with van der Waals surface area (Å²) in [6, 6.07) is 4.45. The lowest BCUT2D eigenvalue weighted by Gasteiger charge is -2.26. The van der Waals surface area contributed by atoms with Crippen molar-refractivity contribution < 1.29 is 14.7 Å². The molecular formula is C16H22N2O3. The van der Waals surface area contributed by atoms with Crippen LogP contribution in [0.5, 0.6) is 0 Å². The monoisotopic (exact) mass is 290 g/mol. The maximum absolute atomic E-state index is 12.0. The number of carboxylic acids is 1. The van der Waals surface area contributed by atoms with Crippen LogP contribution in [0.1, 0.15) is 60.0 Å². The molecule has 0 aliphatic heterocycles. The number of amides is 1. The first-order chi connectivity index (χ1) is 10.1. The normalized spacial score (nSPS) is 21.8. The van der Waals surface area contributed by atoms with Crippen molar-refractivity contribution in [3.63, 3.8) is 0 Å². The zero-order valence-electron chi connectivity index (χ0n) is 12.3. The van der Waals surface area contributed by atoms with Gasteiger partial charge in [-0.1, -0.05) is 32.3 Å². The second-order valence-corrected chi connectivity index (χ2v) is 5.90. The molecule has 0 aromatic carbocycles. The number of carboxylic acid groups (broad SMARTS) is 1. The van der Waals surface area contributed by atoms with E-state index >= 15 is 0 Å². The fourth-order valence-electron chi connectivity index (χ4n) is 2.98. The summed E-state index contributed by atoms with van der Waals surface area (Å²) in [5.74, 6) is 0.0449. The second kappa shape index (κ2) is 7.20. The Hall–Kier alpha value is -1.91. The summed E-state index contributed by atoms with van der Waals surface area (Å²) in [7, 11) is 0. The third kappa shape index (κ3) is 4.55. The van der Waals surface area contributed by atoms with Crippen molar-refractivity contribution in [3.05, 3.63) is 29.6 Å². The van der Waals surface area contributed by atoms with Crippen molar-refractivity contribution in [3.8, 4) is 0 Å². The molecule has 0 saturated heterocycles. The number of aromatic carboxylic acids is 1. The van der Waals surface area contributed by atoms with Gasteiger partial charge in [-0.15, -0.1) is 0 Å². The summed E-state index contributed by atoms with van der Waals surface area (Å²) in [6.07, 6.45) is 6.06. The van der Waals surface area contributed by atoms with Crippen LogP contribution in [-0.2, 0) is 0 Å². The zero-order valence-corrected chi connectivity index (χ0v) is 12.3. The summed E-state index contributed by atoms with van der Waals surface area (Å²) >= 11 is 0. The van der Waals surface area contributed by atoms with Crippen LogP contribution in [0.2, 0.25) is 0 Å². The predicted molar refractivity (Wildman–Crippen MR) is 79.3 cm³/mol. The summed E-state index contributed by atoms with van der Waals surface area (Å²) in [5, 5.41) is 11.7. The molecule has 1 saturated carbocycles. The third-order valence-electron chi connectivity index (χ3n) is 4.08. The molecule has 5 heteroatoms. The second-order valence-electron chi connectivity index (χ2n) is 5.90. The molecule has 1 aliphatic rings. The topological polar surface area (TPSA) is 79.3 Å². The van der Waals surface area contributed by atoms with Gasteiger partial charge in [-0.2, -0.15) is 0 Å². The van der Waals surface area contributed by atoms with Gasteiger partial charge in [0.1, 0.15) is 11.4 Å². The van der Waals surface area contributed by atoms with Crippen molar-refractivity contribution in [2.24, 2.45) is 11.8 Å². The van der Waals surface area contributed by atoms with Gasteiger partial charge in [-0.25, -0.2) is 9.78 Å². The molecular weight excluding hydrogens is 268 g/mol. The van der Waals surface area contributed by atoms with Crippen LogP contribution in [0.4, 0.5) is 0 Å². The molecule has 1 fully saturated rings. The van der Waals surface area contributed by atoms with E-state index in [2.05, 4.69) is 17.2 Å². The highest BCUT2D eigenvalue weighted by atomic mass is 16.4. The number of nitrogens with zero attached hydrogens (tertiary/aromatic N) is 1. The molecule has 1 amide bonds. The molecule has 1 heterocycles. The van der Waals surface area contributed by atoms with Crippen LogP contribution in [0.25, 0.3) is 0 Å². The maximum Gasteiger partial charge on any atom is 0.354 e. The molecule has 114 valence electrons. The Morgan fingerprint density at radius 1 is 1.33 bits per heavy atom. The van der Waals surface area contributed by atoms with E-state index in [4.69, 9.17) is 5.11 Å². The maximum atomic E-state index is 12.0. The van der Waals surface area contributed by atoms with Gasteiger partial charge in [0.2, 0.25) is 0 Å². The Balaban J connectivity index is 1.81. The van der Waals surface area contributed by atoms with Crippen LogP contribution in [0.3, 0.4) is 0 Å². The molecule has 0 radical (unpaired) electrons. The summed E-state index contributed by atoms with van der Waals surface area (Å²) < 4.78 is 0. The molecule has 0 bridgehead atoms. The van der Waals surface area contributed by atoms with E-state index in [9.17, 15) is 9.59 Å². The van der Waals surface area contributed by atoms with Gasteiger partial charge in [0.15, 0.2) is 0 Å². The quantitative estimate of drug-likeness (QED) is 0.874. The Kier molecular flexibility index (Phi) is 5.31. The van der Waals surface area contributed by atoms with E-state index in [0.29, 0.717) is 12.5 Å². The SMILES string of the molecule is CC1CCCC(CCNC(=O)c2cccc(C(=O)O)n2)C1. The van der Waals surface area contributed by atoms with Crippen LogP contribution >= 0.6 is 0 Å². The molecule has 2 rings (SSSR count). The van der Waals surface area contributed by atoms with Crippen molar-refractivity contribution in [2.75, 3.05) is 6.54 Å². The minimum Gasteiger partial charge on any atom is -0.477 e. The van der Waals surface area contributed by atoms with Crippen molar-refractivity contribution in [1.29, 1.82) is 0 Å². The number of hydrogen-bond donors (Lipinski definition) is 2. The highest BCUT2D eigenvalue weighted by molar-refractivity contribution is 5.94. The van der Waals surface area contributed by atoms with Gasteiger partial charge in [0.25, 0.3) is 5.91 Å². The van der Waals surface area contributed by atoms with Gasteiger partial charge in [-0.3, -0.25) is 4.79 Å². The van der Waals surface area contributed by atoms with E-state index in [1.54, 1.807) is 0 Å². The molecule has 1 aromatic heterocycles. The van der Waals surface area contributed by atoms with Crippen molar-refractivity contribution >= 4 is 11.9 Å². The van der Waals surface area contributed by atoms with Gasteiger partial charge < -0.3 is 10.4 Å². The molecule has 2 atom stereocenters. The molecule has 2 unspecified atom stereocenters. The Bertz CT molecular complexity index is 516. The Morgan fingerprint density at radius 3 is 2.81 bits per heavy atom. The lowest BCUT2D eigenvalue weighted by Crippen LogP contribution is -2.28. The average molecular weight is 290 g/mol. The summed E-state index contributed by atoms with van der Waals surface area (Å²) in [6.45, 7) is 2.90. The Labute approximate surface area is 124 Å². The van der Waals surface area contributed by atoms with E-state index < -0.39 is 5.97 Å². The summed E-state index contributed by atoms with van der Waals surface area (Å²) in [4.78, 5) is 26.6. The van der Waals surface area contributed by atoms with Crippen molar-refractivity contribution in [2.45, 2.75) is 39.0 Å². The number of carbonyl (C=O) groups is 2. The fraction of sp³-hybridized carbons (Fsp3) is 0.562. The number of aromatic nitrogens is 1. The zero-order chi connectivity index (χ0) is 15.2. The van der Waals surface area contributed by atoms with Gasteiger partial charge in [0.05, 0.1) is 0 Å². The number of nitrogens with one attached hydrogen (secondary N) is 1. The molecule has 2 N–H and O–H groups in total. The van der Waals surface area contributed by atoms with Gasteiger partial charge >= 0.3 is 5.97 Å². The molecule has 1 aliphatic carbocycles. The Morgan fingerprint density at radius 2 is 2.10 bits per heavy atom. The van der Waals surface area contributed by atoms with Crippen LogP contribution < -0.4 is 5.32 Å². The van der Waals surface area contributed by atoms with Crippen LogP contribution in [0, 0.1) is 11.8 Å². The number of pyridine rings is 1. The number of carbonyl (C=O) groups excluding carboxylic acids is 1. The lowest BCUT2D eigenvalue weighted by atomic mass is 9.81. The first kappa shape index (κ1) is 15.5. The highest BCUT2D eigenvalue weighted by Crippen LogP contribution is 2.30. The van der Waals surface area contributed by atoms with Crippen molar-refractivity contribution in [1.82, 2.24) is 10.3 Å². The smallest absolute Gasteiger partial charge is 0.354 e. The average Bonchev–Trinajstić information content (AvgIpc) is 2.47. The molecule has 0 spiro atoms. The van der Waals surface area contributed by atoms with E-state index in [1.165, 1.54) is 43.9 Å². The van der Waals surface area contributed by atoms with Gasteiger partial charge in [0, 0.05) is 6.54 Å². The van der Waals surface area contributed by atoms with Gasteiger partial charge in [-0.05, 0) is 36.8 Å². The lowest BCUT2D eigenvalue weighted by molar-refractivity contribution is 0.0690. The highest BCUT2D eigenvalue weighted by Gasteiger charge is 2.19. The molecule has 21 heavy (non-hydrogen) atoms. The minimum absolute atomic E-state index is 0.108. The first-order valence-corrected chi connectivity index (χ1v) is 7.55. The van der Waals surface area contributed by atoms with E-state index in [0.717, 1.165) is 12.3 Å². The standard InChI is InChI=1S/C16H22N2O3/c1-11-4-2-5-12(10-11)8-9-17-15(19)13-6-3-7-14(18-13)16(20)21/h3,6-7,11-12H,2,4-5,8-10H2,1H3,(H,17,19)(H,20,21). The first-order valence-electron chi connectivity index (χ1n) is 7.55. The number of rotatable bonds is 5. The summed E-state index contributed by atoms with van der Waals surface area (Å²) in [5.41, 5.74) is 0.0515. The number of hydrogen-bond acceptors (Lipinski definition) is 3.